The maximum absolute atomic E-state index is 14.8. The predicted molar refractivity (Wildman–Crippen MR) is 93.8 cm³/mol. The first-order chi connectivity index (χ1) is 16.6. The largest absolute Gasteiger partial charge is 1.00 e. The molecule has 0 saturated carbocycles. The van der Waals surface area contributed by atoms with E-state index in [4.69, 9.17) is 0 Å². The molecule has 0 unspecified atom stereocenters. The van der Waals surface area contributed by atoms with Gasteiger partial charge in [-0.1, -0.05) is 6.92 Å². The van der Waals surface area contributed by atoms with E-state index in [0.29, 0.717) is 6.92 Å². The summed E-state index contributed by atoms with van der Waals surface area (Å²) in [5.41, 5.74) is -7.79. The average Bonchev–Trinajstić information content (AvgIpc) is 2.85. The van der Waals surface area contributed by atoms with E-state index in [2.05, 4.69) is 0 Å². The second-order valence-electron chi connectivity index (χ2n) is 7.40. The number of rotatable bonds is 4. The molecule has 0 N–H and O–H groups in total. The quantitative estimate of drug-likeness (QED) is 0.198. The van der Waals surface area contributed by atoms with E-state index in [9.17, 15) is 65.9 Å². The van der Waals surface area contributed by atoms with Crippen LogP contribution in [0.2, 0.25) is 6.32 Å². The molecule has 0 spiro atoms. The van der Waals surface area contributed by atoms with Gasteiger partial charge in [0.15, 0.2) is 52.4 Å². The van der Waals surface area contributed by atoms with Gasteiger partial charge < -0.3 is 0 Å². The Balaban J connectivity index is 0.00000481. The second-order valence-corrected chi connectivity index (χ2v) is 7.40. The van der Waals surface area contributed by atoms with Crippen molar-refractivity contribution in [3.8, 4) is 0 Å². The van der Waals surface area contributed by atoms with Gasteiger partial charge in [-0.2, -0.15) is 6.32 Å². The van der Waals surface area contributed by atoms with Crippen LogP contribution in [0.4, 0.5) is 65.9 Å². The molecule has 0 amide bonds. The first-order valence-corrected chi connectivity index (χ1v) is 9.32. The molecule has 17 heteroatoms. The third-order valence-electron chi connectivity index (χ3n) is 5.82. The molecule has 0 aromatic heterocycles. The van der Waals surface area contributed by atoms with Crippen molar-refractivity contribution in [3.63, 3.8) is 0 Å². The third-order valence-corrected chi connectivity index (χ3v) is 5.82. The van der Waals surface area contributed by atoms with Crippen LogP contribution in [-0.4, -0.2) is 6.15 Å². The molecular weight excluding hydrogens is 559 g/mol. The van der Waals surface area contributed by atoms with E-state index < -0.39 is 116 Å². The SMILES string of the molecule is CC[B-](c1c(F)c(F)c(F)c(F)c1F)(c1c(F)c(F)c(F)c(F)c1F)c1c(F)c(F)c(F)c(F)c1F.[Na+]. The Labute approximate surface area is 218 Å². The second kappa shape index (κ2) is 10.4. The van der Waals surface area contributed by atoms with Gasteiger partial charge >= 0.3 is 29.6 Å². The van der Waals surface area contributed by atoms with Gasteiger partial charge in [0.1, 0.15) is 41.0 Å². The minimum Gasteiger partial charge on any atom is -0.207 e. The molecular formula is C20H5BF15Na. The summed E-state index contributed by atoms with van der Waals surface area (Å²) in [4.78, 5) is 0. The van der Waals surface area contributed by atoms with E-state index in [1.807, 2.05) is 0 Å². The van der Waals surface area contributed by atoms with Crippen molar-refractivity contribution in [3.05, 3.63) is 87.3 Å². The standard InChI is InChI=1S/C20H5BF15.Na/c1-2-21(3-6(22)12(28)18(34)13(29)7(3)23,4-8(24)14(30)19(35)15(31)9(4)25)5-10(26)16(32)20(36)17(33)11(5)27;/h2H2,1H3;/q-1;+1. The van der Waals surface area contributed by atoms with Crippen molar-refractivity contribution in [2.24, 2.45) is 0 Å². The summed E-state index contributed by atoms with van der Waals surface area (Å²) < 4.78 is 214. The van der Waals surface area contributed by atoms with Crippen LogP contribution >= 0.6 is 0 Å². The Bertz CT molecular complexity index is 1180. The summed E-state index contributed by atoms with van der Waals surface area (Å²) in [6.45, 7) is 0.439. The van der Waals surface area contributed by atoms with Gasteiger partial charge in [0.25, 0.3) is 0 Å². The van der Waals surface area contributed by atoms with Crippen LogP contribution in [0.25, 0.3) is 0 Å². The summed E-state index contributed by atoms with van der Waals surface area (Å²) >= 11 is 0. The zero-order chi connectivity index (χ0) is 27.6. The Kier molecular flexibility index (Phi) is 8.72. The predicted octanol–water partition coefficient (Wildman–Crippen LogP) is 2.27. The summed E-state index contributed by atoms with van der Waals surface area (Å²) in [7, 11) is 0. The maximum Gasteiger partial charge on any atom is 1.00 e. The van der Waals surface area contributed by atoms with Crippen molar-refractivity contribution < 1.29 is 95.4 Å². The van der Waals surface area contributed by atoms with Gasteiger partial charge in [-0.05, 0) is 0 Å². The summed E-state index contributed by atoms with van der Waals surface area (Å²) in [5.74, 6) is -44.9. The summed E-state index contributed by atoms with van der Waals surface area (Å²) in [6.07, 6.45) is -7.11. The van der Waals surface area contributed by atoms with Gasteiger partial charge in [-0.25, -0.2) is 65.9 Å². The molecule has 3 aromatic rings. The van der Waals surface area contributed by atoms with Crippen LogP contribution in [0.1, 0.15) is 6.92 Å². The molecule has 0 aliphatic rings. The zero-order valence-electron chi connectivity index (χ0n) is 18.0. The number of benzene rings is 3. The molecule has 0 aliphatic heterocycles. The van der Waals surface area contributed by atoms with Crippen molar-refractivity contribution in [1.29, 1.82) is 0 Å². The average molecular weight is 564 g/mol. The molecule has 0 heterocycles. The first kappa shape index (κ1) is 30.9. The minimum atomic E-state index is -5.40. The molecule has 0 bridgehead atoms. The van der Waals surface area contributed by atoms with Gasteiger partial charge in [0, 0.05) is 0 Å². The molecule has 3 aromatic carbocycles. The molecule has 0 nitrogen and oxygen atoms in total. The van der Waals surface area contributed by atoms with Crippen molar-refractivity contribution in [1.82, 2.24) is 0 Å². The Morgan fingerprint density at radius 2 is 0.459 bits per heavy atom. The van der Waals surface area contributed by atoms with Crippen molar-refractivity contribution in [2.75, 3.05) is 0 Å². The van der Waals surface area contributed by atoms with Crippen LogP contribution in [-0.2, 0) is 0 Å². The van der Waals surface area contributed by atoms with E-state index in [-0.39, 0.29) is 29.6 Å². The van der Waals surface area contributed by atoms with Crippen LogP contribution in [0.15, 0.2) is 0 Å². The minimum absolute atomic E-state index is 0. The molecule has 194 valence electrons. The number of hydrogen-bond donors (Lipinski definition) is 0. The molecule has 0 atom stereocenters. The monoisotopic (exact) mass is 564 g/mol. The first-order valence-electron chi connectivity index (χ1n) is 9.32. The van der Waals surface area contributed by atoms with E-state index in [1.54, 1.807) is 0 Å². The number of halogens is 15. The van der Waals surface area contributed by atoms with Crippen molar-refractivity contribution in [2.45, 2.75) is 13.2 Å². The fourth-order valence-electron chi connectivity index (χ4n) is 4.21. The van der Waals surface area contributed by atoms with Crippen LogP contribution in [0.3, 0.4) is 0 Å². The number of hydrogen-bond acceptors (Lipinski definition) is 0. The van der Waals surface area contributed by atoms with Gasteiger partial charge in [0.05, 0.1) is 0 Å². The van der Waals surface area contributed by atoms with E-state index in [1.165, 1.54) is 0 Å². The van der Waals surface area contributed by atoms with Gasteiger partial charge in [0.2, 0.25) is 0 Å². The smallest absolute Gasteiger partial charge is 0.207 e. The normalized spacial score (nSPS) is 11.7. The van der Waals surface area contributed by atoms with E-state index >= 15 is 0 Å². The molecule has 0 radical (unpaired) electrons. The fourth-order valence-corrected chi connectivity index (χ4v) is 4.21. The molecule has 0 fully saturated rings. The topological polar surface area (TPSA) is 0 Å². The molecule has 37 heavy (non-hydrogen) atoms. The van der Waals surface area contributed by atoms with Crippen molar-refractivity contribution >= 4 is 22.5 Å². The molecule has 0 aliphatic carbocycles. The van der Waals surface area contributed by atoms with Gasteiger partial charge in [-0.3, -0.25) is 0 Å². The Morgan fingerprint density at radius 3 is 0.595 bits per heavy atom. The summed E-state index contributed by atoms with van der Waals surface area (Å²) in [6, 6.07) is 0. The maximum atomic E-state index is 14.8. The van der Waals surface area contributed by atoms with E-state index in [0.717, 1.165) is 0 Å². The zero-order valence-corrected chi connectivity index (χ0v) is 20.0. The molecule has 3 rings (SSSR count). The van der Waals surface area contributed by atoms with Crippen LogP contribution < -0.4 is 45.9 Å². The van der Waals surface area contributed by atoms with Crippen LogP contribution in [0, 0.1) is 87.3 Å². The third kappa shape index (κ3) is 4.11. The fraction of sp³-hybridized carbons (Fsp3) is 0.100. The Hall–Kier alpha value is -2.33. The summed E-state index contributed by atoms with van der Waals surface area (Å²) in [5, 5.41) is 0. The van der Waals surface area contributed by atoms with Crippen LogP contribution in [0.5, 0.6) is 0 Å². The molecule has 0 saturated heterocycles. The Morgan fingerprint density at radius 1 is 0.324 bits per heavy atom. The van der Waals surface area contributed by atoms with Gasteiger partial charge in [-0.15, -0.1) is 16.4 Å².